The van der Waals surface area contributed by atoms with Crippen molar-refractivity contribution in [2.75, 3.05) is 20.8 Å². The number of methoxy groups -OCH3 is 2. The summed E-state index contributed by atoms with van der Waals surface area (Å²) in [5, 5.41) is 0. The van der Waals surface area contributed by atoms with Crippen molar-refractivity contribution in [2.24, 2.45) is 17.3 Å². The first-order valence-electron chi connectivity index (χ1n) is 13.1. The van der Waals surface area contributed by atoms with Crippen LogP contribution in [-0.4, -0.2) is 32.5 Å². The van der Waals surface area contributed by atoms with Gasteiger partial charge in [-0.1, -0.05) is 42.3 Å². The molecule has 4 nitrogen and oxygen atoms in total. The first kappa shape index (κ1) is 21.3. The van der Waals surface area contributed by atoms with E-state index in [9.17, 15) is 0 Å². The maximum absolute atomic E-state index is 7.03. The molecule has 0 saturated heterocycles. The number of aryl methyl sites for hydroxylation is 1. The van der Waals surface area contributed by atoms with Crippen molar-refractivity contribution in [2.45, 2.75) is 75.6 Å². The molecule has 4 heteroatoms. The van der Waals surface area contributed by atoms with Crippen LogP contribution in [0.25, 0.3) is 0 Å². The van der Waals surface area contributed by atoms with Gasteiger partial charge in [-0.25, -0.2) is 0 Å². The number of hydrogen-bond acceptors (Lipinski definition) is 4. The lowest BCUT2D eigenvalue weighted by molar-refractivity contribution is -0.279. The number of benzene rings is 2. The van der Waals surface area contributed by atoms with Gasteiger partial charge in [0.05, 0.1) is 20.3 Å². The first-order valence-corrected chi connectivity index (χ1v) is 13.1. The highest BCUT2D eigenvalue weighted by Crippen LogP contribution is 2.78. The van der Waals surface area contributed by atoms with Crippen LogP contribution >= 0.6 is 0 Å². The Morgan fingerprint density at radius 3 is 2.82 bits per heavy atom. The Hall–Kier alpha value is -2.04. The van der Waals surface area contributed by atoms with E-state index in [2.05, 4.69) is 43.3 Å². The summed E-state index contributed by atoms with van der Waals surface area (Å²) in [6, 6.07) is 13.1. The van der Waals surface area contributed by atoms with Crippen molar-refractivity contribution in [1.29, 1.82) is 0 Å². The zero-order valence-corrected chi connectivity index (χ0v) is 20.7. The average molecular weight is 461 g/mol. The zero-order chi connectivity index (χ0) is 23.1. The third-order valence-corrected chi connectivity index (χ3v) is 10.6. The summed E-state index contributed by atoms with van der Waals surface area (Å²) >= 11 is 0. The highest BCUT2D eigenvalue weighted by atomic mass is 16.6. The molecule has 4 bridgehead atoms. The van der Waals surface area contributed by atoms with Crippen molar-refractivity contribution in [3.8, 4) is 11.5 Å². The van der Waals surface area contributed by atoms with Gasteiger partial charge < -0.3 is 18.9 Å². The molecule has 34 heavy (non-hydrogen) atoms. The summed E-state index contributed by atoms with van der Waals surface area (Å²) in [6.07, 6.45) is 8.57. The lowest BCUT2D eigenvalue weighted by Crippen LogP contribution is -2.77. The van der Waals surface area contributed by atoms with Crippen LogP contribution in [-0.2, 0) is 27.9 Å². The van der Waals surface area contributed by atoms with Crippen LogP contribution < -0.4 is 9.47 Å². The van der Waals surface area contributed by atoms with Crippen LogP contribution in [0.5, 0.6) is 11.5 Å². The molecule has 4 saturated carbocycles. The molecule has 6 atom stereocenters. The normalized spacial score (nSPS) is 38.4. The minimum atomic E-state index is -0.311. The fraction of sp³-hybridized carbons (Fsp3) is 0.600. The van der Waals surface area contributed by atoms with Crippen molar-refractivity contribution < 1.29 is 18.9 Å². The number of rotatable bonds is 6. The summed E-state index contributed by atoms with van der Waals surface area (Å²) in [5.41, 5.74) is 5.55. The van der Waals surface area contributed by atoms with Gasteiger partial charge in [0.15, 0.2) is 11.5 Å². The van der Waals surface area contributed by atoms with E-state index in [0.717, 1.165) is 30.4 Å². The second kappa shape index (κ2) is 7.24. The topological polar surface area (TPSA) is 36.9 Å². The van der Waals surface area contributed by atoms with E-state index in [1.807, 2.05) is 7.11 Å². The van der Waals surface area contributed by atoms with Gasteiger partial charge >= 0.3 is 0 Å². The Bertz CT molecular complexity index is 1140. The van der Waals surface area contributed by atoms with Crippen LogP contribution in [0.4, 0.5) is 0 Å². The van der Waals surface area contributed by atoms with Crippen molar-refractivity contribution in [1.82, 2.24) is 0 Å². The molecule has 1 aliphatic heterocycles. The van der Waals surface area contributed by atoms with Gasteiger partial charge in [0.1, 0.15) is 11.7 Å². The number of hydrogen-bond donors (Lipinski definition) is 0. The summed E-state index contributed by atoms with van der Waals surface area (Å²) in [5.74, 6) is 2.98. The standard InChI is InChI=1S/C30H36O4/c1-19-6-4-7-20(14-19)17-33-18-23-16-28-12-13-30(23,32-3)27-29(28)11-5-8-22(28)15-21-9-10-24(31-2)26(34-27)25(21)29/h4,6-7,9-10,14,22-23,27H,5,8,11-13,15-18H2,1-3H3. The van der Waals surface area contributed by atoms with Crippen molar-refractivity contribution in [3.63, 3.8) is 0 Å². The van der Waals surface area contributed by atoms with Crippen molar-refractivity contribution >= 4 is 0 Å². The van der Waals surface area contributed by atoms with Gasteiger partial charge in [-0.2, -0.15) is 0 Å². The zero-order valence-electron chi connectivity index (χ0n) is 20.7. The maximum atomic E-state index is 7.03. The minimum Gasteiger partial charge on any atom is -0.493 e. The fourth-order valence-electron chi connectivity index (χ4n) is 9.41. The minimum absolute atomic E-state index is 0.0493. The van der Waals surface area contributed by atoms with Crippen molar-refractivity contribution in [3.05, 3.63) is 58.7 Å². The van der Waals surface area contributed by atoms with E-state index >= 15 is 0 Å². The molecular weight excluding hydrogens is 424 g/mol. The van der Waals surface area contributed by atoms with E-state index in [4.69, 9.17) is 18.9 Å². The van der Waals surface area contributed by atoms with Gasteiger partial charge in [0.2, 0.25) is 0 Å². The molecule has 5 aliphatic carbocycles. The predicted molar refractivity (Wildman–Crippen MR) is 130 cm³/mol. The van der Waals surface area contributed by atoms with Crippen LogP contribution in [0.3, 0.4) is 0 Å². The van der Waals surface area contributed by atoms with Gasteiger partial charge in [-0.3, -0.25) is 0 Å². The molecule has 0 amide bonds. The molecule has 0 N–H and O–H groups in total. The van der Waals surface area contributed by atoms with E-state index < -0.39 is 0 Å². The molecule has 8 rings (SSSR count). The summed E-state index contributed by atoms with van der Waals surface area (Å²) < 4.78 is 25.9. The Kier molecular flexibility index (Phi) is 4.53. The highest BCUT2D eigenvalue weighted by molar-refractivity contribution is 5.63. The molecular formula is C30H36O4. The summed E-state index contributed by atoms with van der Waals surface area (Å²) in [6.45, 7) is 3.53. The molecule has 2 aromatic rings. The van der Waals surface area contributed by atoms with Gasteiger partial charge in [0, 0.05) is 24.0 Å². The molecule has 2 aromatic carbocycles. The van der Waals surface area contributed by atoms with E-state index in [0.29, 0.717) is 12.5 Å². The average Bonchev–Trinajstić information content (AvgIpc) is 3.20. The monoisotopic (exact) mass is 460 g/mol. The lowest BCUT2D eigenvalue weighted by atomic mass is 9.33. The molecule has 2 spiro atoms. The van der Waals surface area contributed by atoms with Gasteiger partial charge in [0.25, 0.3) is 0 Å². The molecule has 0 aromatic heterocycles. The van der Waals surface area contributed by atoms with E-state index in [1.165, 1.54) is 60.8 Å². The molecule has 6 unspecified atom stereocenters. The molecule has 0 radical (unpaired) electrons. The second-order valence-corrected chi connectivity index (χ2v) is 11.6. The number of fused-ring (bicyclic) bond motifs is 2. The van der Waals surface area contributed by atoms with Gasteiger partial charge in [-0.05, 0) is 74.0 Å². The molecule has 4 fully saturated rings. The number of ether oxygens (including phenoxy) is 4. The fourth-order valence-corrected chi connectivity index (χ4v) is 9.41. The molecule has 180 valence electrons. The quantitative estimate of drug-likeness (QED) is 0.549. The Labute approximate surface area is 202 Å². The molecule has 1 heterocycles. The highest BCUT2D eigenvalue weighted by Gasteiger charge is 2.79. The smallest absolute Gasteiger partial charge is 0.165 e. The SMILES string of the molecule is COc1ccc2c3c1OC1C4(OC)CCC5(CC4COCc4cccc(C)c4)C(CCCC315)C2. The maximum Gasteiger partial charge on any atom is 0.165 e. The van der Waals surface area contributed by atoms with Crippen LogP contribution in [0.1, 0.15) is 60.8 Å². The Balaban J connectivity index is 1.29. The summed E-state index contributed by atoms with van der Waals surface area (Å²) in [7, 11) is 3.68. The predicted octanol–water partition coefficient (Wildman–Crippen LogP) is 5.76. The molecule has 6 aliphatic rings. The van der Waals surface area contributed by atoms with E-state index in [-0.39, 0.29) is 22.5 Å². The second-order valence-electron chi connectivity index (χ2n) is 11.6. The van der Waals surface area contributed by atoms with E-state index in [1.54, 1.807) is 7.11 Å². The Morgan fingerprint density at radius 2 is 2.00 bits per heavy atom. The third-order valence-electron chi connectivity index (χ3n) is 10.6. The van der Waals surface area contributed by atoms with Gasteiger partial charge in [-0.15, -0.1) is 0 Å². The third kappa shape index (κ3) is 2.42. The summed E-state index contributed by atoms with van der Waals surface area (Å²) in [4.78, 5) is 0. The van der Waals surface area contributed by atoms with Crippen LogP contribution in [0.15, 0.2) is 36.4 Å². The van der Waals surface area contributed by atoms with Crippen LogP contribution in [0, 0.1) is 24.2 Å². The Morgan fingerprint density at radius 1 is 1.09 bits per heavy atom. The first-order chi connectivity index (χ1) is 16.6. The van der Waals surface area contributed by atoms with Crippen LogP contribution in [0.2, 0.25) is 0 Å². The lowest BCUT2D eigenvalue weighted by Gasteiger charge is -2.72. The largest absolute Gasteiger partial charge is 0.493 e.